The molecule has 0 fully saturated rings. The molecule has 1 N–H and O–H groups in total. The van der Waals surface area contributed by atoms with E-state index in [1.807, 2.05) is 31.2 Å². The summed E-state index contributed by atoms with van der Waals surface area (Å²) in [5, 5.41) is 2.22. The first kappa shape index (κ1) is 18.4. The van der Waals surface area contributed by atoms with Gasteiger partial charge in [-0.3, -0.25) is 5.32 Å². The molecule has 0 spiro atoms. The van der Waals surface area contributed by atoms with Gasteiger partial charge in [-0.25, -0.2) is 18.4 Å². The zero-order valence-electron chi connectivity index (χ0n) is 13.8. The van der Waals surface area contributed by atoms with Gasteiger partial charge >= 0.3 is 12.1 Å². The molecule has 2 aromatic carbocycles. The van der Waals surface area contributed by atoms with Crippen molar-refractivity contribution < 1.29 is 27.8 Å². The molecule has 0 aliphatic carbocycles. The number of hydrogen-bond donors (Lipinski definition) is 1. The summed E-state index contributed by atoms with van der Waals surface area (Å²) in [6.45, 7) is 2.02. The fraction of sp³-hybridized carbons (Fsp3) is 0.222. The van der Waals surface area contributed by atoms with Crippen molar-refractivity contribution in [1.82, 2.24) is 0 Å². The Balaban J connectivity index is 2.06. The Morgan fingerprint density at radius 2 is 1.64 bits per heavy atom. The van der Waals surface area contributed by atoms with Crippen LogP contribution in [0.1, 0.15) is 28.4 Å². The maximum atomic E-state index is 13.4. The van der Waals surface area contributed by atoms with Crippen LogP contribution in [0.5, 0.6) is 0 Å². The molecule has 25 heavy (non-hydrogen) atoms. The van der Waals surface area contributed by atoms with Crippen LogP contribution >= 0.6 is 0 Å². The molecule has 0 unspecified atom stereocenters. The Hall–Kier alpha value is -2.96. The van der Waals surface area contributed by atoms with Gasteiger partial charge < -0.3 is 9.47 Å². The number of rotatable bonds is 5. The molecule has 5 nitrogen and oxygen atoms in total. The number of aryl methyl sites for hydroxylation is 1. The highest BCUT2D eigenvalue weighted by molar-refractivity contribution is 5.99. The summed E-state index contributed by atoms with van der Waals surface area (Å²) < 4.78 is 36.2. The molecule has 2 aromatic rings. The van der Waals surface area contributed by atoms with Crippen LogP contribution < -0.4 is 5.32 Å². The Morgan fingerprint density at radius 3 is 2.24 bits per heavy atom. The first-order valence-corrected chi connectivity index (χ1v) is 7.53. The zero-order valence-corrected chi connectivity index (χ0v) is 13.8. The van der Waals surface area contributed by atoms with Gasteiger partial charge in [-0.1, -0.05) is 31.2 Å². The maximum Gasteiger partial charge on any atom is 0.411 e. The number of nitrogens with one attached hydrogen (secondary N) is 1. The average Bonchev–Trinajstić information content (AvgIpc) is 2.62. The molecule has 0 bridgehead atoms. The quantitative estimate of drug-likeness (QED) is 0.827. The number of benzene rings is 2. The van der Waals surface area contributed by atoms with Gasteiger partial charge in [-0.15, -0.1) is 0 Å². The minimum absolute atomic E-state index is 0.00688. The lowest BCUT2D eigenvalue weighted by atomic mass is 10.1. The second-order valence-corrected chi connectivity index (χ2v) is 5.17. The number of anilines is 1. The lowest BCUT2D eigenvalue weighted by Crippen LogP contribution is -2.17. The zero-order chi connectivity index (χ0) is 18.4. The lowest BCUT2D eigenvalue weighted by molar-refractivity contribution is 0.0601. The van der Waals surface area contributed by atoms with Crippen LogP contribution in [0.2, 0.25) is 0 Å². The van der Waals surface area contributed by atoms with Crippen LogP contribution in [0.25, 0.3) is 0 Å². The Morgan fingerprint density at radius 1 is 1.04 bits per heavy atom. The predicted octanol–water partition coefficient (Wildman–Crippen LogP) is 4.06. The van der Waals surface area contributed by atoms with Gasteiger partial charge in [0.15, 0.2) is 11.6 Å². The summed E-state index contributed by atoms with van der Waals surface area (Å²) in [7, 11) is 1.09. The van der Waals surface area contributed by atoms with E-state index in [9.17, 15) is 18.4 Å². The fourth-order valence-electron chi connectivity index (χ4n) is 2.10. The third-order valence-electron chi connectivity index (χ3n) is 3.50. The van der Waals surface area contributed by atoms with E-state index >= 15 is 0 Å². The highest BCUT2D eigenvalue weighted by Gasteiger charge is 2.18. The summed E-state index contributed by atoms with van der Waals surface area (Å²) >= 11 is 0. The Bertz CT molecular complexity index is 775. The molecule has 0 heterocycles. The lowest BCUT2D eigenvalue weighted by Gasteiger charge is -2.11. The van der Waals surface area contributed by atoms with E-state index in [0.29, 0.717) is 12.1 Å². The first-order valence-electron chi connectivity index (χ1n) is 7.53. The molecule has 7 heteroatoms. The van der Waals surface area contributed by atoms with Crippen molar-refractivity contribution in [3.63, 3.8) is 0 Å². The second kappa shape index (κ2) is 8.23. The van der Waals surface area contributed by atoms with Crippen molar-refractivity contribution in [2.24, 2.45) is 0 Å². The molecule has 132 valence electrons. The number of halogens is 2. The summed E-state index contributed by atoms with van der Waals surface area (Å²) in [4.78, 5) is 23.5. The number of carbonyl (C=O) groups excluding carboxylic acids is 2. The van der Waals surface area contributed by atoms with Crippen molar-refractivity contribution in [1.29, 1.82) is 0 Å². The maximum absolute atomic E-state index is 13.4. The summed E-state index contributed by atoms with van der Waals surface area (Å²) in [5.74, 6) is -3.35. The smallest absolute Gasteiger partial charge is 0.411 e. The molecule has 0 aromatic heterocycles. The standard InChI is InChI=1S/C18H17F2NO4/c1-3-11-4-6-12(7-5-11)10-25-18(23)21-16-9-15(20)14(19)8-13(16)17(22)24-2/h4-9H,3,10H2,1-2H3,(H,21,23). The fourth-order valence-corrected chi connectivity index (χ4v) is 2.10. The van der Waals surface area contributed by atoms with Gasteiger partial charge in [0.25, 0.3) is 0 Å². The SMILES string of the molecule is CCc1ccc(COC(=O)Nc2cc(F)c(F)cc2C(=O)OC)cc1. The third kappa shape index (κ3) is 4.76. The van der Waals surface area contributed by atoms with Crippen LogP contribution in [-0.2, 0) is 22.5 Å². The van der Waals surface area contributed by atoms with E-state index in [0.717, 1.165) is 24.7 Å². The van der Waals surface area contributed by atoms with Gasteiger partial charge in [0.2, 0.25) is 0 Å². The molecule has 1 amide bonds. The molecule has 0 aliphatic heterocycles. The van der Waals surface area contributed by atoms with Crippen molar-refractivity contribution in [2.45, 2.75) is 20.0 Å². The minimum Gasteiger partial charge on any atom is -0.465 e. The van der Waals surface area contributed by atoms with Crippen molar-refractivity contribution in [2.75, 3.05) is 12.4 Å². The molecule has 0 radical (unpaired) electrons. The summed E-state index contributed by atoms with van der Waals surface area (Å²) in [6, 6.07) is 8.83. The van der Waals surface area contributed by atoms with Crippen LogP contribution in [-0.4, -0.2) is 19.2 Å². The van der Waals surface area contributed by atoms with Crippen molar-refractivity contribution in [3.05, 3.63) is 64.7 Å². The number of ether oxygens (including phenoxy) is 2. The largest absolute Gasteiger partial charge is 0.465 e. The number of methoxy groups -OCH3 is 1. The van der Waals surface area contributed by atoms with Gasteiger partial charge in [-0.05, 0) is 23.6 Å². The number of hydrogen-bond acceptors (Lipinski definition) is 4. The second-order valence-electron chi connectivity index (χ2n) is 5.17. The number of carbonyl (C=O) groups is 2. The van der Waals surface area contributed by atoms with E-state index in [2.05, 4.69) is 10.1 Å². The van der Waals surface area contributed by atoms with Gasteiger partial charge in [-0.2, -0.15) is 0 Å². The Labute approximate surface area is 143 Å². The van der Waals surface area contributed by atoms with Crippen LogP contribution in [0.15, 0.2) is 36.4 Å². The van der Waals surface area contributed by atoms with E-state index < -0.39 is 23.7 Å². The highest BCUT2D eigenvalue weighted by Crippen LogP contribution is 2.21. The molecular weight excluding hydrogens is 332 g/mol. The Kier molecular flexibility index (Phi) is 6.05. The first-order chi connectivity index (χ1) is 11.9. The summed E-state index contributed by atoms with van der Waals surface area (Å²) in [5.41, 5.74) is 1.37. The molecule has 2 rings (SSSR count). The molecule has 0 saturated carbocycles. The van der Waals surface area contributed by atoms with Gasteiger partial charge in [0.05, 0.1) is 18.4 Å². The van der Waals surface area contributed by atoms with Gasteiger partial charge in [0.1, 0.15) is 6.61 Å². The summed E-state index contributed by atoms with van der Waals surface area (Å²) in [6.07, 6.45) is -0.00985. The van der Waals surface area contributed by atoms with Crippen molar-refractivity contribution >= 4 is 17.7 Å². The third-order valence-corrected chi connectivity index (χ3v) is 3.50. The van der Waals surface area contributed by atoms with E-state index in [4.69, 9.17) is 4.74 Å². The highest BCUT2D eigenvalue weighted by atomic mass is 19.2. The van der Waals surface area contributed by atoms with Crippen LogP contribution in [0, 0.1) is 11.6 Å². The number of esters is 1. The predicted molar refractivity (Wildman–Crippen MR) is 87.3 cm³/mol. The number of amides is 1. The van der Waals surface area contributed by atoms with E-state index in [-0.39, 0.29) is 17.9 Å². The molecule has 0 atom stereocenters. The molecular formula is C18H17F2NO4. The van der Waals surface area contributed by atoms with E-state index in [1.54, 1.807) is 0 Å². The minimum atomic E-state index is -1.23. The van der Waals surface area contributed by atoms with Crippen LogP contribution in [0.4, 0.5) is 19.3 Å². The molecule has 0 saturated heterocycles. The molecule has 0 aliphatic rings. The average molecular weight is 349 g/mol. The normalized spacial score (nSPS) is 10.2. The van der Waals surface area contributed by atoms with Gasteiger partial charge in [0, 0.05) is 6.07 Å². The van der Waals surface area contributed by atoms with Crippen LogP contribution in [0.3, 0.4) is 0 Å². The van der Waals surface area contributed by atoms with E-state index in [1.165, 1.54) is 0 Å². The monoisotopic (exact) mass is 349 g/mol. The van der Waals surface area contributed by atoms with Crippen molar-refractivity contribution in [3.8, 4) is 0 Å². The topological polar surface area (TPSA) is 64.6 Å².